The number of sulfonamides is 1. The van der Waals surface area contributed by atoms with Crippen LogP contribution in [-0.4, -0.2) is 31.4 Å². The minimum Gasteiger partial charge on any atom is -0.363 e. The molecule has 2 heterocycles. The average molecular weight is 342 g/mol. The summed E-state index contributed by atoms with van der Waals surface area (Å²) in [5.41, 5.74) is -0.153. The van der Waals surface area contributed by atoms with Gasteiger partial charge in [-0.25, -0.2) is 18.1 Å². The van der Waals surface area contributed by atoms with Crippen LogP contribution in [0.4, 0.5) is 11.5 Å². The molecule has 0 saturated carbocycles. The third kappa shape index (κ3) is 4.00. The maximum Gasteiger partial charge on any atom is 0.311 e. The predicted octanol–water partition coefficient (Wildman–Crippen LogP) is 1.75. The van der Waals surface area contributed by atoms with Crippen LogP contribution in [0, 0.1) is 17.0 Å². The van der Waals surface area contributed by atoms with E-state index in [0.717, 1.165) is 4.88 Å². The van der Waals surface area contributed by atoms with Crippen LogP contribution in [0.3, 0.4) is 0 Å². The molecule has 0 aliphatic carbocycles. The van der Waals surface area contributed by atoms with Gasteiger partial charge in [0, 0.05) is 30.2 Å². The van der Waals surface area contributed by atoms with Crippen LogP contribution in [0.1, 0.15) is 4.88 Å². The summed E-state index contributed by atoms with van der Waals surface area (Å²) in [5.74, 6) is 0.110. The Kier molecular flexibility index (Phi) is 5.06. The molecule has 10 heteroatoms. The molecule has 2 rings (SSSR count). The number of aryl methyl sites for hydroxylation is 1. The largest absolute Gasteiger partial charge is 0.363 e. The second-order valence-corrected chi connectivity index (χ2v) is 7.60. The Morgan fingerprint density at radius 3 is 2.73 bits per heavy atom. The Morgan fingerprint density at radius 2 is 2.09 bits per heavy atom. The molecule has 0 unspecified atom stereocenters. The highest BCUT2D eigenvalue weighted by molar-refractivity contribution is 7.91. The van der Waals surface area contributed by atoms with E-state index in [2.05, 4.69) is 15.0 Å². The van der Waals surface area contributed by atoms with Crippen molar-refractivity contribution in [2.75, 3.05) is 18.4 Å². The van der Waals surface area contributed by atoms with Crippen LogP contribution in [0.2, 0.25) is 0 Å². The Bertz CT molecular complexity index is 773. The number of thiophene rings is 1. The molecule has 2 aromatic heterocycles. The van der Waals surface area contributed by atoms with Crippen LogP contribution >= 0.6 is 11.3 Å². The number of rotatable bonds is 7. The summed E-state index contributed by atoms with van der Waals surface area (Å²) in [7, 11) is -3.55. The fraction of sp³-hybridized carbons (Fsp3) is 0.250. The van der Waals surface area contributed by atoms with Crippen LogP contribution in [-0.2, 0) is 10.0 Å². The summed E-state index contributed by atoms with van der Waals surface area (Å²) in [5, 5.41) is 13.6. The van der Waals surface area contributed by atoms with Crippen LogP contribution < -0.4 is 10.0 Å². The van der Waals surface area contributed by atoms with Crippen molar-refractivity contribution in [2.24, 2.45) is 0 Å². The highest BCUT2D eigenvalue weighted by Crippen LogP contribution is 2.21. The number of anilines is 1. The maximum atomic E-state index is 12.0. The molecular formula is C12H14N4O4S2. The maximum absolute atomic E-state index is 12.0. The fourth-order valence-corrected chi connectivity index (χ4v) is 4.03. The molecule has 0 radical (unpaired) electrons. The number of hydrogen-bond donors (Lipinski definition) is 2. The van der Waals surface area contributed by atoms with E-state index in [9.17, 15) is 18.5 Å². The van der Waals surface area contributed by atoms with Crippen molar-refractivity contribution in [1.82, 2.24) is 9.71 Å². The zero-order valence-corrected chi connectivity index (χ0v) is 13.3. The molecular weight excluding hydrogens is 328 g/mol. The molecule has 0 amide bonds. The number of nitrogens with one attached hydrogen (secondary N) is 2. The van der Waals surface area contributed by atoms with Gasteiger partial charge in [-0.3, -0.25) is 10.1 Å². The van der Waals surface area contributed by atoms with Crippen molar-refractivity contribution in [3.8, 4) is 0 Å². The zero-order valence-electron chi connectivity index (χ0n) is 11.6. The van der Waals surface area contributed by atoms with Gasteiger partial charge in [-0.05, 0) is 25.1 Å². The topological polar surface area (TPSA) is 114 Å². The molecule has 0 spiro atoms. The van der Waals surface area contributed by atoms with Crippen LogP contribution in [0.15, 0.2) is 34.7 Å². The Hall–Kier alpha value is -2.04. The number of nitro groups is 1. The van der Waals surface area contributed by atoms with Gasteiger partial charge in [0.15, 0.2) is 0 Å². The van der Waals surface area contributed by atoms with Gasteiger partial charge in [0.2, 0.25) is 15.8 Å². The predicted molar refractivity (Wildman–Crippen MR) is 83.6 cm³/mol. The molecule has 0 aromatic carbocycles. The fourth-order valence-electron chi connectivity index (χ4n) is 1.67. The highest BCUT2D eigenvalue weighted by Gasteiger charge is 2.16. The SMILES string of the molecule is Cc1ccc(S(=O)(=O)NCCNc2ncccc2[N+](=O)[O-])s1. The first-order chi connectivity index (χ1) is 10.4. The zero-order chi connectivity index (χ0) is 16.2. The summed E-state index contributed by atoms with van der Waals surface area (Å²) in [6.45, 7) is 2.10. The monoisotopic (exact) mass is 342 g/mol. The number of nitrogens with zero attached hydrogens (tertiary/aromatic N) is 2. The lowest BCUT2D eigenvalue weighted by Gasteiger charge is -2.07. The number of aromatic nitrogens is 1. The second-order valence-electron chi connectivity index (χ2n) is 4.32. The van der Waals surface area contributed by atoms with Gasteiger partial charge in [0.1, 0.15) is 4.21 Å². The first kappa shape index (κ1) is 16.3. The molecule has 0 fully saturated rings. The molecule has 0 atom stereocenters. The van der Waals surface area contributed by atoms with E-state index in [0.29, 0.717) is 0 Å². The van der Waals surface area contributed by atoms with E-state index in [1.807, 2.05) is 6.92 Å². The van der Waals surface area contributed by atoms with Gasteiger partial charge in [-0.2, -0.15) is 0 Å². The quantitative estimate of drug-likeness (QED) is 0.450. The molecule has 0 aliphatic heterocycles. The lowest BCUT2D eigenvalue weighted by atomic mass is 10.4. The van der Waals surface area contributed by atoms with Crippen LogP contribution in [0.5, 0.6) is 0 Å². The minimum absolute atomic E-state index is 0.0903. The van der Waals surface area contributed by atoms with Crippen LogP contribution in [0.25, 0.3) is 0 Å². The summed E-state index contributed by atoms with van der Waals surface area (Å²) < 4.78 is 26.6. The van der Waals surface area contributed by atoms with E-state index in [-0.39, 0.29) is 28.8 Å². The molecule has 118 valence electrons. The van der Waals surface area contributed by atoms with Crippen molar-refractivity contribution in [3.05, 3.63) is 45.5 Å². The smallest absolute Gasteiger partial charge is 0.311 e. The van der Waals surface area contributed by atoms with Crippen molar-refractivity contribution >= 4 is 32.9 Å². The Morgan fingerprint density at radius 1 is 1.32 bits per heavy atom. The van der Waals surface area contributed by atoms with Gasteiger partial charge in [-0.1, -0.05) is 0 Å². The highest BCUT2D eigenvalue weighted by atomic mass is 32.2. The minimum atomic E-state index is -3.55. The second kappa shape index (κ2) is 6.81. The summed E-state index contributed by atoms with van der Waals surface area (Å²) in [4.78, 5) is 15.0. The molecule has 0 saturated heterocycles. The van der Waals surface area contributed by atoms with Gasteiger partial charge < -0.3 is 5.32 Å². The Labute approximate surface area is 131 Å². The lowest BCUT2D eigenvalue weighted by molar-refractivity contribution is -0.384. The summed E-state index contributed by atoms with van der Waals surface area (Å²) >= 11 is 1.18. The van der Waals surface area contributed by atoms with E-state index >= 15 is 0 Å². The number of hydrogen-bond acceptors (Lipinski definition) is 7. The first-order valence-electron chi connectivity index (χ1n) is 6.29. The lowest BCUT2D eigenvalue weighted by Crippen LogP contribution is -2.28. The molecule has 2 aromatic rings. The molecule has 8 nitrogen and oxygen atoms in total. The Balaban J connectivity index is 1.91. The van der Waals surface area contributed by atoms with E-state index in [4.69, 9.17) is 0 Å². The van der Waals surface area contributed by atoms with Gasteiger partial charge >= 0.3 is 5.69 Å². The van der Waals surface area contributed by atoms with E-state index in [1.165, 1.54) is 29.7 Å². The van der Waals surface area contributed by atoms with Crippen molar-refractivity contribution in [1.29, 1.82) is 0 Å². The van der Waals surface area contributed by atoms with Crippen molar-refractivity contribution in [2.45, 2.75) is 11.1 Å². The number of pyridine rings is 1. The average Bonchev–Trinajstić information content (AvgIpc) is 2.91. The van der Waals surface area contributed by atoms with Crippen molar-refractivity contribution < 1.29 is 13.3 Å². The molecule has 2 N–H and O–H groups in total. The first-order valence-corrected chi connectivity index (χ1v) is 8.59. The summed E-state index contributed by atoms with van der Waals surface area (Å²) in [6.07, 6.45) is 1.42. The van der Waals surface area contributed by atoms with E-state index < -0.39 is 14.9 Å². The van der Waals surface area contributed by atoms with Gasteiger partial charge in [0.25, 0.3) is 0 Å². The summed E-state index contributed by atoms with van der Waals surface area (Å²) in [6, 6.07) is 6.06. The third-order valence-electron chi connectivity index (χ3n) is 2.67. The van der Waals surface area contributed by atoms with Gasteiger partial charge in [0.05, 0.1) is 4.92 Å². The van der Waals surface area contributed by atoms with Crippen molar-refractivity contribution in [3.63, 3.8) is 0 Å². The normalized spacial score (nSPS) is 11.3. The molecule has 22 heavy (non-hydrogen) atoms. The standard InChI is InChI=1S/C12H14N4O4S2/c1-9-4-5-11(21-9)22(19,20)15-8-7-14-12-10(16(17)18)3-2-6-13-12/h2-6,15H,7-8H2,1H3,(H,13,14). The molecule has 0 aliphatic rings. The third-order valence-corrected chi connectivity index (χ3v) is 5.63. The van der Waals surface area contributed by atoms with E-state index in [1.54, 1.807) is 12.1 Å². The van der Waals surface area contributed by atoms with Gasteiger partial charge in [-0.15, -0.1) is 11.3 Å². The molecule has 0 bridgehead atoms.